The Bertz CT molecular complexity index is 400. The van der Waals surface area contributed by atoms with E-state index in [9.17, 15) is 0 Å². The van der Waals surface area contributed by atoms with E-state index in [0.717, 1.165) is 0 Å². The van der Waals surface area contributed by atoms with Gasteiger partial charge in [-0.15, -0.1) is 26.5 Å². The van der Waals surface area contributed by atoms with Crippen LogP contribution in [0.15, 0.2) is 49.6 Å². The molecular formula is C9H11BN4NiO3. The van der Waals surface area contributed by atoms with Crippen molar-refractivity contribution in [2.24, 2.45) is 0 Å². The summed E-state index contributed by atoms with van der Waals surface area (Å²) in [6, 6.07) is 3.44. The third-order valence-corrected chi connectivity index (χ3v) is 1.70. The van der Waals surface area contributed by atoms with Crippen LogP contribution in [0.1, 0.15) is 0 Å². The molecule has 0 saturated heterocycles. The first kappa shape index (κ1) is 14.3. The van der Waals surface area contributed by atoms with Gasteiger partial charge in [0.1, 0.15) is 0 Å². The van der Waals surface area contributed by atoms with Crippen LogP contribution in [-0.2, 0) is 21.1 Å². The van der Waals surface area contributed by atoms with E-state index in [1.54, 1.807) is 43.0 Å². The summed E-state index contributed by atoms with van der Waals surface area (Å²) in [4.78, 5) is 2.47. The molecule has 2 rings (SSSR count). The number of rotatable bonds is 7. The van der Waals surface area contributed by atoms with Crippen LogP contribution in [-0.4, -0.2) is 33.8 Å². The van der Waals surface area contributed by atoms with Gasteiger partial charge >= 0.3 is 7.32 Å². The van der Waals surface area contributed by atoms with Crippen molar-refractivity contribution in [2.75, 3.05) is 6.61 Å². The van der Waals surface area contributed by atoms with E-state index in [1.165, 1.54) is 9.69 Å². The molecule has 0 N–H and O–H groups in total. The predicted molar refractivity (Wildman–Crippen MR) is 59.5 cm³/mol. The molecule has 98 valence electrons. The van der Waals surface area contributed by atoms with E-state index in [2.05, 4.69) is 16.8 Å². The molecule has 2 aromatic heterocycles. The van der Waals surface area contributed by atoms with Crippen molar-refractivity contribution < 1.29 is 30.7 Å². The summed E-state index contributed by atoms with van der Waals surface area (Å²) in [5.74, 6) is 0. The van der Waals surface area contributed by atoms with Crippen molar-refractivity contribution in [3.63, 3.8) is 0 Å². The van der Waals surface area contributed by atoms with Crippen LogP contribution >= 0.6 is 0 Å². The molecule has 0 amide bonds. The maximum absolute atomic E-state index is 5.28. The van der Waals surface area contributed by atoms with Crippen LogP contribution in [0, 0.1) is 0 Å². The third-order valence-electron chi connectivity index (χ3n) is 1.70. The summed E-state index contributed by atoms with van der Waals surface area (Å²) in [6.45, 7) is 3.83. The molecule has 2 heterocycles. The average Bonchev–Trinajstić information content (AvgIpc) is 2.99. The number of hydrogen-bond donors (Lipinski definition) is 0. The summed E-state index contributed by atoms with van der Waals surface area (Å²) < 4.78 is 15.8. The van der Waals surface area contributed by atoms with E-state index >= 15 is 0 Å². The van der Waals surface area contributed by atoms with Crippen molar-refractivity contribution >= 4 is 7.32 Å². The molecule has 0 bridgehead atoms. The molecule has 0 aliphatic heterocycles. The predicted octanol–water partition coefficient (Wildman–Crippen LogP) is -0.178. The molecule has 0 saturated carbocycles. The molecule has 0 radical (unpaired) electrons. The molecule has 0 atom stereocenters. The first-order chi connectivity index (χ1) is 8.38. The van der Waals surface area contributed by atoms with Crippen LogP contribution in [0.2, 0.25) is 0 Å². The van der Waals surface area contributed by atoms with Crippen molar-refractivity contribution in [1.29, 1.82) is 0 Å². The molecule has 7 nitrogen and oxygen atoms in total. The van der Waals surface area contributed by atoms with Gasteiger partial charge < -0.3 is 14.2 Å². The van der Waals surface area contributed by atoms with Gasteiger partial charge in [-0.1, -0.05) is 6.08 Å². The van der Waals surface area contributed by atoms with Crippen LogP contribution in [0.3, 0.4) is 0 Å². The molecule has 0 unspecified atom stereocenters. The minimum atomic E-state index is -0.965. The molecule has 0 aliphatic carbocycles. The standard InChI is InChI=1S/C9H11BN4O3.Ni/c1-2-9-15-10(16-13-7-3-5-11-13)17-14-8-4-6-12-14;/h2-8H,1,9H2;. The van der Waals surface area contributed by atoms with Crippen LogP contribution in [0.5, 0.6) is 0 Å². The molecule has 0 aliphatic rings. The number of nitrogens with zero attached hydrogens (tertiary/aromatic N) is 4. The van der Waals surface area contributed by atoms with Gasteiger partial charge in [-0.05, 0) is 12.1 Å². The maximum Gasteiger partial charge on any atom is 0.831 e. The van der Waals surface area contributed by atoms with Gasteiger partial charge in [-0.2, -0.15) is 0 Å². The van der Waals surface area contributed by atoms with Gasteiger partial charge in [-0.25, -0.2) is 0 Å². The summed E-state index contributed by atoms with van der Waals surface area (Å²) in [5, 5.41) is 7.74. The van der Waals surface area contributed by atoms with E-state index in [0.29, 0.717) is 0 Å². The first-order valence-corrected chi connectivity index (χ1v) is 4.94. The van der Waals surface area contributed by atoms with E-state index in [1.807, 2.05) is 0 Å². The Morgan fingerprint density at radius 1 is 1.11 bits per heavy atom. The molecule has 9 heteroatoms. The fraction of sp³-hybridized carbons (Fsp3) is 0.111. The second-order valence-electron chi connectivity index (χ2n) is 2.94. The van der Waals surface area contributed by atoms with Crippen LogP contribution in [0.25, 0.3) is 0 Å². The Kier molecular flexibility index (Phi) is 6.03. The van der Waals surface area contributed by atoms with Crippen molar-refractivity contribution in [3.05, 3.63) is 49.6 Å². The maximum atomic E-state index is 5.28. The summed E-state index contributed by atoms with van der Waals surface area (Å²) >= 11 is 0. The Morgan fingerprint density at radius 2 is 1.67 bits per heavy atom. The average molecular weight is 293 g/mol. The second kappa shape index (κ2) is 7.57. The topological polar surface area (TPSA) is 63.3 Å². The Balaban J connectivity index is 0.00000162. The van der Waals surface area contributed by atoms with E-state index in [-0.39, 0.29) is 23.1 Å². The van der Waals surface area contributed by atoms with Crippen molar-refractivity contribution in [2.45, 2.75) is 0 Å². The van der Waals surface area contributed by atoms with Crippen LogP contribution < -0.4 is 9.51 Å². The Hall–Kier alpha value is -1.72. The van der Waals surface area contributed by atoms with Gasteiger partial charge in [0.25, 0.3) is 0 Å². The van der Waals surface area contributed by atoms with Crippen LogP contribution in [0.4, 0.5) is 0 Å². The van der Waals surface area contributed by atoms with Crippen molar-refractivity contribution in [1.82, 2.24) is 19.9 Å². The van der Waals surface area contributed by atoms with Gasteiger partial charge in [0.05, 0.1) is 31.4 Å². The minimum Gasteiger partial charge on any atom is -0.393 e. The molecule has 18 heavy (non-hydrogen) atoms. The number of aromatic nitrogens is 4. The Morgan fingerprint density at radius 3 is 2.06 bits per heavy atom. The normalized spacial score (nSPS) is 9.33. The monoisotopic (exact) mass is 292 g/mol. The fourth-order valence-corrected chi connectivity index (χ4v) is 1.04. The zero-order chi connectivity index (χ0) is 11.9. The van der Waals surface area contributed by atoms with E-state index in [4.69, 9.17) is 14.2 Å². The molecule has 0 fully saturated rings. The van der Waals surface area contributed by atoms with Gasteiger partial charge in [0, 0.05) is 16.5 Å². The van der Waals surface area contributed by atoms with Gasteiger partial charge in [0.2, 0.25) is 0 Å². The summed E-state index contributed by atoms with van der Waals surface area (Å²) in [6.07, 6.45) is 8.00. The zero-order valence-corrected chi connectivity index (χ0v) is 10.4. The smallest absolute Gasteiger partial charge is 0.393 e. The van der Waals surface area contributed by atoms with Crippen molar-refractivity contribution in [3.8, 4) is 0 Å². The minimum absolute atomic E-state index is 0. The fourth-order valence-electron chi connectivity index (χ4n) is 1.04. The molecule has 0 aromatic carbocycles. The van der Waals surface area contributed by atoms with E-state index < -0.39 is 7.32 Å². The number of hydrogen-bond acceptors (Lipinski definition) is 5. The summed E-state index contributed by atoms with van der Waals surface area (Å²) in [5.41, 5.74) is 0. The third kappa shape index (κ3) is 4.27. The molecular weight excluding hydrogens is 282 g/mol. The zero-order valence-electron chi connectivity index (χ0n) is 9.36. The first-order valence-electron chi connectivity index (χ1n) is 4.94. The Labute approximate surface area is 114 Å². The SMILES string of the molecule is C=CCOB(On1cccn1)On1cccn1.[Ni]. The summed E-state index contributed by atoms with van der Waals surface area (Å²) in [7, 11) is -0.965. The molecule has 2 aromatic rings. The molecule has 0 spiro atoms. The second-order valence-corrected chi connectivity index (χ2v) is 2.94. The van der Waals surface area contributed by atoms with Gasteiger partial charge in [-0.3, -0.25) is 0 Å². The van der Waals surface area contributed by atoms with Gasteiger partial charge in [0.15, 0.2) is 0 Å². The largest absolute Gasteiger partial charge is 0.831 e. The quantitative estimate of drug-likeness (QED) is 0.523.